The van der Waals surface area contributed by atoms with E-state index >= 15 is 0 Å². The lowest BCUT2D eigenvalue weighted by Gasteiger charge is -2.50. The van der Waals surface area contributed by atoms with Crippen molar-refractivity contribution in [1.82, 2.24) is 9.80 Å². The monoisotopic (exact) mass is 555 g/mol. The van der Waals surface area contributed by atoms with E-state index < -0.39 is 75.5 Å². The molecule has 2 amide bonds. The van der Waals surface area contributed by atoms with Crippen molar-refractivity contribution in [3.8, 4) is 5.75 Å². The predicted molar refractivity (Wildman–Crippen MR) is 136 cm³/mol. The smallest absolute Gasteiger partial charge is 0.295 e. The molecule has 4 atom stereocenters. The number of rotatable bonds is 4. The van der Waals surface area contributed by atoms with Crippen molar-refractivity contribution in [3.63, 3.8) is 0 Å². The van der Waals surface area contributed by atoms with Gasteiger partial charge in [0.25, 0.3) is 17.6 Å². The van der Waals surface area contributed by atoms with Crippen LogP contribution in [0, 0.1) is 11.8 Å². The molecule has 1 saturated carbocycles. The molecule has 0 bridgehead atoms. The van der Waals surface area contributed by atoms with Crippen molar-refractivity contribution in [2.45, 2.75) is 24.5 Å². The minimum atomic E-state index is -2.76. The van der Waals surface area contributed by atoms with Crippen LogP contribution in [0.15, 0.2) is 29.0 Å². The van der Waals surface area contributed by atoms with Gasteiger partial charge in [0.05, 0.1) is 24.8 Å². The van der Waals surface area contributed by atoms with E-state index in [2.05, 4.69) is 0 Å². The zero-order valence-corrected chi connectivity index (χ0v) is 21.8. The molecule has 0 radical (unpaired) electrons. The number of carbonyl (C=O) groups is 5. The molecular weight excluding hydrogens is 526 g/mol. The summed E-state index contributed by atoms with van der Waals surface area (Å²) in [7, 11) is 3.00. The van der Waals surface area contributed by atoms with Gasteiger partial charge < -0.3 is 35.8 Å². The van der Waals surface area contributed by atoms with Gasteiger partial charge in [0, 0.05) is 30.1 Å². The molecule has 1 aromatic carbocycles. The van der Waals surface area contributed by atoms with Gasteiger partial charge in [-0.3, -0.25) is 28.9 Å². The molecule has 1 aromatic rings. The Balaban J connectivity index is 1.65. The van der Waals surface area contributed by atoms with Crippen LogP contribution in [0.4, 0.5) is 0 Å². The third-order valence-electron chi connectivity index (χ3n) is 8.34. The average molecular weight is 556 g/mol. The van der Waals surface area contributed by atoms with E-state index in [4.69, 9.17) is 10.5 Å². The number of fused-ring (bicyclic) bond motifs is 3. The van der Waals surface area contributed by atoms with Gasteiger partial charge >= 0.3 is 0 Å². The largest absolute Gasteiger partial charge is 0.508 e. The highest BCUT2D eigenvalue weighted by atomic mass is 16.5. The van der Waals surface area contributed by atoms with E-state index in [9.17, 15) is 44.4 Å². The topological polar surface area (TPSA) is 208 Å². The van der Waals surface area contributed by atoms with Crippen molar-refractivity contribution in [2.24, 2.45) is 17.6 Å². The number of ketones is 3. The molecule has 212 valence electrons. The number of nitrogens with zero attached hydrogens (tertiary/aromatic N) is 2. The number of aromatic hydroxyl groups is 1. The first-order valence-electron chi connectivity index (χ1n) is 12.7. The summed E-state index contributed by atoms with van der Waals surface area (Å²) in [6.45, 7) is 1.00. The number of primary amides is 1. The standard InChI is InChI=1S/C27H29N3O10/c1-29(2)19-14-10-11-9-13-12(20(32)26(38)30-5-7-40-8-6-30)3-4-15(31)17(13)21(33)16(11)23(35)27(14,39)24(36)18(22(19)34)25(28)37/h3-4,11,14,19,31,33,36,39H,5-10H2,1-2H3,(H2,28,37)/t11-,14-,19?,27-/m0/s1. The van der Waals surface area contributed by atoms with Crippen LogP contribution in [0.2, 0.25) is 0 Å². The number of benzene rings is 1. The number of likely N-dealkylation sites (N-methyl/N-ethyl adjacent to an activating group) is 1. The second kappa shape index (κ2) is 9.54. The van der Waals surface area contributed by atoms with Crippen LogP contribution in [-0.4, -0.2) is 111 Å². The predicted octanol–water partition coefficient (Wildman–Crippen LogP) is -0.994. The van der Waals surface area contributed by atoms with Gasteiger partial charge in [-0.1, -0.05) is 0 Å². The number of aliphatic hydroxyl groups is 3. The number of hydrogen-bond acceptors (Lipinski definition) is 11. The SMILES string of the molecule is CN(C)C1C(=O)C(C(N)=O)=C(O)[C@@]2(O)C(=O)C3=C(O)c4c(O)ccc(C(=O)C(=O)N5CCOCC5)c4C[C@H]3C[C@@H]12. The van der Waals surface area contributed by atoms with Crippen molar-refractivity contribution in [1.29, 1.82) is 0 Å². The molecular formula is C27H29N3O10. The molecule has 1 heterocycles. The first-order chi connectivity index (χ1) is 18.8. The molecule has 13 nitrogen and oxygen atoms in total. The molecule has 0 aromatic heterocycles. The van der Waals surface area contributed by atoms with Crippen molar-refractivity contribution < 1.29 is 49.1 Å². The first kappa shape index (κ1) is 27.5. The Labute approximate surface area is 228 Å². The summed E-state index contributed by atoms with van der Waals surface area (Å²) in [5.41, 5.74) is 1.13. The number of nitrogens with two attached hydrogens (primary N) is 1. The molecule has 5 rings (SSSR count). The fourth-order valence-electron chi connectivity index (χ4n) is 6.48. The van der Waals surface area contributed by atoms with Gasteiger partial charge in [-0.05, 0) is 50.6 Å². The molecule has 0 spiro atoms. The summed E-state index contributed by atoms with van der Waals surface area (Å²) >= 11 is 0. The molecule has 13 heteroatoms. The minimum absolute atomic E-state index is 0.0641. The normalized spacial score (nSPS) is 28.3. The summed E-state index contributed by atoms with van der Waals surface area (Å²) < 4.78 is 5.23. The first-order valence-corrected chi connectivity index (χ1v) is 12.7. The molecule has 1 unspecified atom stereocenters. The van der Waals surface area contributed by atoms with E-state index in [0.29, 0.717) is 0 Å². The Hall–Kier alpha value is -4.07. The summed E-state index contributed by atoms with van der Waals surface area (Å²) in [6.07, 6.45) is -0.229. The Morgan fingerprint density at radius 2 is 1.75 bits per heavy atom. The number of ether oxygens (including phenoxy) is 1. The highest BCUT2D eigenvalue weighted by molar-refractivity contribution is 6.43. The van der Waals surface area contributed by atoms with Crippen LogP contribution < -0.4 is 5.73 Å². The van der Waals surface area contributed by atoms with Gasteiger partial charge in [-0.15, -0.1) is 0 Å². The average Bonchev–Trinajstić information content (AvgIpc) is 2.90. The number of carbonyl (C=O) groups excluding carboxylic acids is 5. The van der Waals surface area contributed by atoms with Gasteiger partial charge in [-0.25, -0.2) is 0 Å². The lowest BCUT2D eigenvalue weighted by atomic mass is 9.57. The molecule has 3 aliphatic carbocycles. The second-order valence-corrected chi connectivity index (χ2v) is 10.7. The Kier molecular flexibility index (Phi) is 6.56. The number of Topliss-reactive ketones (excluding diaryl/α,β-unsaturated/α-hetero) is 3. The number of amides is 2. The van der Waals surface area contributed by atoms with Gasteiger partial charge in [0.15, 0.2) is 11.4 Å². The number of phenolic OH excluding ortho intramolecular Hbond substituents is 1. The third kappa shape index (κ3) is 3.76. The lowest BCUT2D eigenvalue weighted by Crippen LogP contribution is -2.65. The van der Waals surface area contributed by atoms with Gasteiger partial charge in [0.2, 0.25) is 5.78 Å². The van der Waals surface area contributed by atoms with E-state index in [1.165, 1.54) is 30.0 Å². The molecule has 1 saturated heterocycles. The zero-order valence-electron chi connectivity index (χ0n) is 21.8. The fourth-order valence-corrected chi connectivity index (χ4v) is 6.48. The van der Waals surface area contributed by atoms with Gasteiger partial charge in [-0.2, -0.15) is 0 Å². The van der Waals surface area contributed by atoms with Crippen molar-refractivity contribution >= 4 is 34.9 Å². The lowest BCUT2D eigenvalue weighted by molar-refractivity contribution is -0.153. The van der Waals surface area contributed by atoms with Crippen LogP contribution in [-0.2, 0) is 30.3 Å². The number of hydrogen-bond donors (Lipinski definition) is 5. The van der Waals surface area contributed by atoms with E-state index in [1.807, 2.05) is 0 Å². The third-order valence-corrected chi connectivity index (χ3v) is 8.34. The van der Waals surface area contributed by atoms with Gasteiger partial charge in [0.1, 0.15) is 22.8 Å². The van der Waals surface area contributed by atoms with Crippen LogP contribution >= 0.6 is 0 Å². The maximum absolute atomic E-state index is 13.9. The highest BCUT2D eigenvalue weighted by Gasteiger charge is 2.64. The van der Waals surface area contributed by atoms with Crippen LogP contribution in [0.5, 0.6) is 5.75 Å². The molecule has 40 heavy (non-hydrogen) atoms. The summed E-state index contributed by atoms with van der Waals surface area (Å²) in [5, 5.41) is 44.5. The van der Waals surface area contributed by atoms with Crippen LogP contribution in [0.1, 0.15) is 27.9 Å². The Morgan fingerprint density at radius 1 is 1.10 bits per heavy atom. The maximum atomic E-state index is 13.9. The summed E-state index contributed by atoms with van der Waals surface area (Å²) in [5.74, 6) is -9.50. The fraction of sp³-hybridized carbons (Fsp3) is 0.444. The summed E-state index contributed by atoms with van der Waals surface area (Å²) in [6, 6.07) is 1.16. The van der Waals surface area contributed by atoms with Crippen LogP contribution in [0.25, 0.3) is 5.76 Å². The molecule has 2 fully saturated rings. The highest BCUT2D eigenvalue weighted by Crippen LogP contribution is 2.53. The minimum Gasteiger partial charge on any atom is -0.508 e. The zero-order chi connectivity index (χ0) is 29.3. The maximum Gasteiger partial charge on any atom is 0.295 e. The van der Waals surface area contributed by atoms with Crippen molar-refractivity contribution in [2.75, 3.05) is 40.4 Å². The molecule has 1 aliphatic heterocycles. The molecule has 4 aliphatic rings. The number of aliphatic hydroxyl groups excluding tert-OH is 2. The second-order valence-electron chi connectivity index (χ2n) is 10.7. The number of morpholine rings is 1. The quantitative estimate of drug-likeness (QED) is 0.173. The molecule has 6 N–H and O–H groups in total. The number of phenols is 1. The summed E-state index contributed by atoms with van der Waals surface area (Å²) in [4.78, 5) is 68.2. The Morgan fingerprint density at radius 3 is 2.35 bits per heavy atom. The van der Waals surface area contributed by atoms with Crippen molar-refractivity contribution in [3.05, 3.63) is 45.7 Å². The Bertz CT molecular complexity index is 1440. The van der Waals surface area contributed by atoms with E-state index in [-0.39, 0.29) is 61.4 Å². The van der Waals surface area contributed by atoms with E-state index in [0.717, 1.165) is 6.07 Å². The van der Waals surface area contributed by atoms with Crippen LogP contribution in [0.3, 0.4) is 0 Å². The van der Waals surface area contributed by atoms with E-state index in [1.54, 1.807) is 0 Å².